The summed E-state index contributed by atoms with van der Waals surface area (Å²) in [7, 11) is 0. The fourth-order valence-corrected chi connectivity index (χ4v) is 0.527. The summed E-state index contributed by atoms with van der Waals surface area (Å²) in [6, 6.07) is 0. The number of nitrogens with zero attached hydrogens (tertiary/aromatic N) is 2. The van der Waals surface area contributed by atoms with Crippen LogP contribution in [0.25, 0.3) is 0 Å². The summed E-state index contributed by atoms with van der Waals surface area (Å²) in [6.45, 7) is 1.45. The SMILES string of the molecule is C[C@H](OCc1ncno1)C(=O)O. The normalized spacial score (nSPS) is 12.8. The van der Waals surface area contributed by atoms with Crippen molar-refractivity contribution in [3.8, 4) is 0 Å². The lowest BCUT2D eigenvalue weighted by atomic mass is 10.4. The van der Waals surface area contributed by atoms with Crippen LogP contribution in [-0.2, 0) is 16.1 Å². The summed E-state index contributed by atoms with van der Waals surface area (Å²) in [5.74, 6) is -0.752. The molecule has 12 heavy (non-hydrogen) atoms. The largest absolute Gasteiger partial charge is 0.479 e. The van der Waals surface area contributed by atoms with Gasteiger partial charge < -0.3 is 14.4 Å². The molecule has 0 saturated heterocycles. The molecule has 1 N–H and O–H groups in total. The Morgan fingerprint density at radius 3 is 3.17 bits per heavy atom. The molecule has 6 nitrogen and oxygen atoms in total. The molecule has 0 bridgehead atoms. The fraction of sp³-hybridized carbons (Fsp3) is 0.500. The van der Waals surface area contributed by atoms with Crippen LogP contribution in [0.4, 0.5) is 0 Å². The van der Waals surface area contributed by atoms with E-state index in [0.29, 0.717) is 0 Å². The predicted octanol–water partition coefficient (Wildman–Crippen LogP) is 0.0593. The molecule has 0 aliphatic carbocycles. The number of aromatic nitrogens is 2. The van der Waals surface area contributed by atoms with E-state index in [-0.39, 0.29) is 12.5 Å². The van der Waals surface area contributed by atoms with E-state index in [9.17, 15) is 4.79 Å². The van der Waals surface area contributed by atoms with E-state index < -0.39 is 12.1 Å². The zero-order chi connectivity index (χ0) is 8.97. The van der Waals surface area contributed by atoms with Gasteiger partial charge in [-0.15, -0.1) is 0 Å². The molecule has 0 fully saturated rings. The molecule has 0 aliphatic rings. The van der Waals surface area contributed by atoms with Crippen LogP contribution in [-0.4, -0.2) is 27.3 Å². The number of ether oxygens (including phenoxy) is 1. The van der Waals surface area contributed by atoms with Crippen molar-refractivity contribution >= 4 is 5.97 Å². The van der Waals surface area contributed by atoms with Crippen molar-refractivity contribution in [1.82, 2.24) is 10.1 Å². The standard InChI is InChI=1S/C6H8N2O4/c1-4(6(9)10)11-2-5-7-3-8-12-5/h3-4H,2H2,1H3,(H,9,10)/t4-/m0/s1. The molecule has 1 heterocycles. The Kier molecular flexibility index (Phi) is 2.76. The Morgan fingerprint density at radius 2 is 2.67 bits per heavy atom. The summed E-state index contributed by atoms with van der Waals surface area (Å²) in [4.78, 5) is 13.9. The Morgan fingerprint density at radius 1 is 1.92 bits per heavy atom. The van der Waals surface area contributed by atoms with Crippen molar-refractivity contribution in [2.45, 2.75) is 19.6 Å². The van der Waals surface area contributed by atoms with Gasteiger partial charge in [0.2, 0.25) is 0 Å². The van der Waals surface area contributed by atoms with Gasteiger partial charge in [0.25, 0.3) is 5.89 Å². The van der Waals surface area contributed by atoms with E-state index in [1.54, 1.807) is 0 Å². The maximum atomic E-state index is 10.3. The van der Waals surface area contributed by atoms with Crippen molar-refractivity contribution < 1.29 is 19.2 Å². The average molecular weight is 172 g/mol. The lowest BCUT2D eigenvalue weighted by Gasteiger charge is -2.04. The summed E-state index contributed by atoms with van der Waals surface area (Å²) in [5, 5.41) is 11.8. The molecule has 6 heteroatoms. The summed E-state index contributed by atoms with van der Waals surface area (Å²) in [5.41, 5.74) is 0. The topological polar surface area (TPSA) is 85.5 Å². The molecular formula is C6H8N2O4. The van der Waals surface area contributed by atoms with Crippen LogP contribution in [0.15, 0.2) is 10.9 Å². The van der Waals surface area contributed by atoms with Crippen LogP contribution in [0.5, 0.6) is 0 Å². The monoisotopic (exact) mass is 172 g/mol. The lowest BCUT2D eigenvalue weighted by Crippen LogP contribution is -2.19. The minimum absolute atomic E-state index is 0.0213. The highest BCUT2D eigenvalue weighted by atomic mass is 16.5. The number of carboxylic acid groups (broad SMARTS) is 1. The van der Waals surface area contributed by atoms with E-state index >= 15 is 0 Å². The minimum atomic E-state index is -1.02. The molecular weight excluding hydrogens is 164 g/mol. The predicted molar refractivity (Wildman–Crippen MR) is 36.2 cm³/mol. The van der Waals surface area contributed by atoms with Gasteiger partial charge in [-0.2, -0.15) is 4.98 Å². The highest BCUT2D eigenvalue weighted by molar-refractivity contribution is 5.71. The first-order chi connectivity index (χ1) is 5.70. The zero-order valence-corrected chi connectivity index (χ0v) is 6.43. The van der Waals surface area contributed by atoms with Gasteiger partial charge in [0.05, 0.1) is 0 Å². The minimum Gasteiger partial charge on any atom is -0.479 e. The third kappa shape index (κ3) is 2.31. The number of aliphatic carboxylic acids is 1. The molecule has 0 aromatic carbocycles. The van der Waals surface area contributed by atoms with E-state index in [1.165, 1.54) is 13.3 Å². The van der Waals surface area contributed by atoms with Gasteiger partial charge in [-0.1, -0.05) is 5.16 Å². The van der Waals surface area contributed by atoms with E-state index in [2.05, 4.69) is 14.7 Å². The highest BCUT2D eigenvalue weighted by Gasteiger charge is 2.12. The maximum absolute atomic E-state index is 10.3. The van der Waals surface area contributed by atoms with Gasteiger partial charge in [-0.25, -0.2) is 4.79 Å². The number of carboxylic acids is 1. The average Bonchev–Trinajstić information content (AvgIpc) is 2.51. The van der Waals surface area contributed by atoms with Crippen LogP contribution in [0.2, 0.25) is 0 Å². The Bertz CT molecular complexity index is 246. The molecule has 0 unspecified atom stereocenters. The molecule has 66 valence electrons. The third-order valence-corrected chi connectivity index (χ3v) is 1.21. The first kappa shape index (κ1) is 8.66. The van der Waals surface area contributed by atoms with E-state index in [4.69, 9.17) is 9.84 Å². The number of rotatable bonds is 4. The van der Waals surface area contributed by atoms with Crippen molar-refractivity contribution in [2.75, 3.05) is 0 Å². The van der Waals surface area contributed by atoms with Crippen molar-refractivity contribution in [3.05, 3.63) is 12.2 Å². The molecule has 0 saturated carbocycles. The van der Waals surface area contributed by atoms with E-state index in [1.807, 2.05) is 0 Å². The van der Waals surface area contributed by atoms with Gasteiger partial charge in [-0.3, -0.25) is 0 Å². The Labute approximate surface area is 68.1 Å². The van der Waals surface area contributed by atoms with Crippen molar-refractivity contribution in [2.24, 2.45) is 0 Å². The maximum Gasteiger partial charge on any atom is 0.332 e. The smallest absolute Gasteiger partial charge is 0.332 e. The molecule has 1 aromatic heterocycles. The Hall–Kier alpha value is -1.43. The zero-order valence-electron chi connectivity index (χ0n) is 6.43. The van der Waals surface area contributed by atoms with Crippen molar-refractivity contribution in [1.29, 1.82) is 0 Å². The summed E-state index contributed by atoms with van der Waals surface area (Å²) >= 11 is 0. The lowest BCUT2D eigenvalue weighted by molar-refractivity contribution is -0.150. The highest BCUT2D eigenvalue weighted by Crippen LogP contribution is 1.98. The molecule has 1 aromatic rings. The van der Waals surface area contributed by atoms with Gasteiger partial charge >= 0.3 is 5.97 Å². The molecule has 0 amide bonds. The molecule has 0 aliphatic heterocycles. The van der Waals surface area contributed by atoms with Gasteiger partial charge in [0.1, 0.15) is 6.61 Å². The van der Waals surface area contributed by atoms with Crippen LogP contribution in [0, 0.1) is 0 Å². The summed E-state index contributed by atoms with van der Waals surface area (Å²) in [6.07, 6.45) is 0.362. The molecule has 0 radical (unpaired) electrons. The Balaban J connectivity index is 2.31. The second kappa shape index (κ2) is 3.82. The number of hydrogen-bond donors (Lipinski definition) is 1. The first-order valence-electron chi connectivity index (χ1n) is 3.30. The number of carbonyl (C=O) groups is 1. The van der Waals surface area contributed by atoms with E-state index in [0.717, 1.165) is 0 Å². The van der Waals surface area contributed by atoms with Crippen molar-refractivity contribution in [3.63, 3.8) is 0 Å². The molecule has 0 spiro atoms. The second-order valence-electron chi connectivity index (χ2n) is 2.13. The van der Waals surface area contributed by atoms with Crippen LogP contribution in [0.1, 0.15) is 12.8 Å². The van der Waals surface area contributed by atoms with Gasteiger partial charge in [-0.05, 0) is 6.92 Å². The molecule has 1 rings (SSSR count). The van der Waals surface area contributed by atoms with Gasteiger partial charge in [0.15, 0.2) is 12.4 Å². The van der Waals surface area contributed by atoms with Crippen LogP contribution >= 0.6 is 0 Å². The molecule has 1 atom stereocenters. The van der Waals surface area contributed by atoms with Crippen LogP contribution in [0.3, 0.4) is 0 Å². The number of hydrogen-bond acceptors (Lipinski definition) is 5. The quantitative estimate of drug-likeness (QED) is 0.691. The first-order valence-corrected chi connectivity index (χ1v) is 3.30. The third-order valence-electron chi connectivity index (χ3n) is 1.21. The fourth-order valence-electron chi connectivity index (χ4n) is 0.527. The van der Waals surface area contributed by atoms with Crippen LogP contribution < -0.4 is 0 Å². The van der Waals surface area contributed by atoms with Gasteiger partial charge in [0, 0.05) is 0 Å². The second-order valence-corrected chi connectivity index (χ2v) is 2.13. The summed E-state index contributed by atoms with van der Waals surface area (Å²) < 4.78 is 9.44.